The highest BCUT2D eigenvalue weighted by molar-refractivity contribution is 7.80. The summed E-state index contributed by atoms with van der Waals surface area (Å²) in [7, 11) is 0. The average molecular weight is 502 g/mol. The SMILES string of the molecule is NC(N)=NCCCC(N)C(=O)NC(Cc1cnc[nH]1)C(=O)NC(CO)C(=O)NC(CS)C(=O)O. The van der Waals surface area contributed by atoms with Crippen LogP contribution >= 0.6 is 12.6 Å². The molecule has 12 N–H and O–H groups in total. The van der Waals surface area contributed by atoms with Gasteiger partial charge in [0.15, 0.2) is 5.96 Å². The highest BCUT2D eigenvalue weighted by Crippen LogP contribution is 2.03. The fraction of sp³-hybridized carbons (Fsp3) is 0.556. The molecule has 0 aliphatic carbocycles. The van der Waals surface area contributed by atoms with Crippen LogP contribution in [-0.4, -0.2) is 92.9 Å². The van der Waals surface area contributed by atoms with Crippen LogP contribution in [-0.2, 0) is 25.6 Å². The maximum atomic E-state index is 12.9. The van der Waals surface area contributed by atoms with Crippen molar-refractivity contribution in [3.05, 3.63) is 18.2 Å². The van der Waals surface area contributed by atoms with Gasteiger partial charge in [-0.2, -0.15) is 12.6 Å². The number of aliphatic imine (C=N–C) groups is 1. The van der Waals surface area contributed by atoms with E-state index in [2.05, 4.69) is 43.5 Å². The predicted molar refractivity (Wildman–Crippen MR) is 125 cm³/mol. The molecule has 0 aliphatic heterocycles. The van der Waals surface area contributed by atoms with Crippen molar-refractivity contribution in [2.45, 2.75) is 43.4 Å². The van der Waals surface area contributed by atoms with Gasteiger partial charge in [0, 0.05) is 30.6 Å². The van der Waals surface area contributed by atoms with E-state index in [9.17, 15) is 24.3 Å². The molecule has 0 aromatic carbocycles. The second-order valence-electron chi connectivity index (χ2n) is 7.22. The number of aliphatic hydroxyl groups excluding tert-OH is 1. The van der Waals surface area contributed by atoms with Gasteiger partial charge in [0.25, 0.3) is 0 Å². The number of carboxylic acids is 1. The number of nitrogens with two attached hydrogens (primary N) is 3. The van der Waals surface area contributed by atoms with Crippen LogP contribution in [0.2, 0.25) is 0 Å². The van der Waals surface area contributed by atoms with Crippen LogP contribution in [0, 0.1) is 0 Å². The Morgan fingerprint density at radius 3 is 2.24 bits per heavy atom. The van der Waals surface area contributed by atoms with Gasteiger partial charge in [-0.15, -0.1) is 0 Å². The molecule has 3 amide bonds. The lowest BCUT2D eigenvalue weighted by Gasteiger charge is -2.24. The first-order valence-corrected chi connectivity index (χ1v) is 10.9. The highest BCUT2D eigenvalue weighted by Gasteiger charge is 2.30. The Kier molecular flexibility index (Phi) is 12.4. The van der Waals surface area contributed by atoms with E-state index in [0.717, 1.165) is 0 Å². The Hall–Kier alpha value is -3.37. The van der Waals surface area contributed by atoms with Crippen molar-refractivity contribution >= 4 is 42.3 Å². The molecule has 0 aliphatic rings. The zero-order valence-electron chi connectivity index (χ0n) is 18.3. The number of aromatic amines is 1. The minimum absolute atomic E-state index is 0.0214. The summed E-state index contributed by atoms with van der Waals surface area (Å²) in [6.07, 6.45) is 3.47. The molecule has 190 valence electrons. The van der Waals surface area contributed by atoms with Crippen molar-refractivity contribution in [1.82, 2.24) is 25.9 Å². The first-order valence-electron chi connectivity index (χ1n) is 10.2. The summed E-state index contributed by atoms with van der Waals surface area (Å²) in [6, 6.07) is -4.93. The smallest absolute Gasteiger partial charge is 0.327 e. The van der Waals surface area contributed by atoms with Crippen LogP contribution in [0.3, 0.4) is 0 Å². The van der Waals surface area contributed by atoms with Gasteiger partial charge in [-0.1, -0.05) is 0 Å². The highest BCUT2D eigenvalue weighted by atomic mass is 32.1. The normalized spacial score (nSPS) is 14.2. The minimum Gasteiger partial charge on any atom is -0.480 e. The van der Waals surface area contributed by atoms with Crippen molar-refractivity contribution in [1.29, 1.82) is 0 Å². The summed E-state index contributed by atoms with van der Waals surface area (Å²) in [6.45, 7) is -0.538. The van der Waals surface area contributed by atoms with E-state index in [-0.39, 0.29) is 31.1 Å². The van der Waals surface area contributed by atoms with Crippen LogP contribution < -0.4 is 33.2 Å². The van der Waals surface area contributed by atoms with Crippen molar-refractivity contribution < 1.29 is 29.4 Å². The first kappa shape index (κ1) is 28.7. The number of imidazole rings is 1. The molecule has 4 atom stereocenters. The number of aliphatic hydroxyl groups is 1. The number of rotatable bonds is 15. The van der Waals surface area contributed by atoms with Crippen molar-refractivity contribution in [2.75, 3.05) is 18.9 Å². The third-order valence-corrected chi connectivity index (χ3v) is 4.89. The maximum Gasteiger partial charge on any atom is 0.327 e. The van der Waals surface area contributed by atoms with Crippen LogP contribution in [0.1, 0.15) is 18.5 Å². The van der Waals surface area contributed by atoms with E-state index in [1.165, 1.54) is 12.5 Å². The van der Waals surface area contributed by atoms with Gasteiger partial charge in [-0.05, 0) is 12.8 Å². The predicted octanol–water partition coefficient (Wildman–Crippen LogP) is -4.21. The van der Waals surface area contributed by atoms with Gasteiger partial charge >= 0.3 is 5.97 Å². The molecule has 16 heteroatoms. The molecule has 34 heavy (non-hydrogen) atoms. The number of H-pyrrole nitrogens is 1. The number of aromatic nitrogens is 2. The molecular weight excluding hydrogens is 470 g/mol. The molecule has 0 saturated heterocycles. The number of hydrogen-bond donors (Lipinski definition) is 10. The van der Waals surface area contributed by atoms with Crippen molar-refractivity contribution in [2.24, 2.45) is 22.2 Å². The number of thiol groups is 1. The number of carbonyl (C=O) groups is 4. The number of guanidine groups is 1. The molecule has 1 rings (SSSR count). The quantitative estimate of drug-likeness (QED) is 0.0479. The molecule has 1 heterocycles. The molecule has 0 bridgehead atoms. The number of nitrogens with one attached hydrogen (secondary N) is 4. The Bertz CT molecular complexity index is 847. The lowest BCUT2D eigenvalue weighted by Crippen LogP contribution is -2.58. The number of carboxylic acid groups (broad SMARTS) is 1. The topological polar surface area (TPSA) is 264 Å². The molecular formula is C18H31N9O6S. The van der Waals surface area contributed by atoms with E-state index in [1.54, 1.807) is 0 Å². The van der Waals surface area contributed by atoms with Gasteiger partial charge in [-0.25, -0.2) is 9.78 Å². The van der Waals surface area contributed by atoms with E-state index in [0.29, 0.717) is 12.1 Å². The molecule has 1 aromatic rings. The summed E-state index contributed by atoms with van der Waals surface area (Å²) >= 11 is 3.84. The number of amides is 3. The third kappa shape index (κ3) is 10.1. The van der Waals surface area contributed by atoms with E-state index in [1.807, 2.05) is 0 Å². The standard InChI is InChI=1S/C18H31N9O6S/c19-10(2-1-3-23-18(20)21)14(29)25-11(4-9-5-22-8-24-9)15(30)26-12(6-28)16(31)27-13(7-34)17(32)33/h5,8,10-13,28,34H,1-4,6-7,19H2,(H,22,24)(H,25,29)(H,26,30)(H,27,31)(H,32,33)(H4,20,21,23). The van der Waals surface area contributed by atoms with Gasteiger partial charge in [0.2, 0.25) is 17.7 Å². The molecule has 0 fully saturated rings. The second kappa shape index (κ2) is 14.7. The average Bonchev–Trinajstić information content (AvgIpc) is 3.30. The van der Waals surface area contributed by atoms with Gasteiger partial charge < -0.3 is 48.3 Å². The van der Waals surface area contributed by atoms with Crippen LogP contribution in [0.4, 0.5) is 0 Å². The number of carbonyl (C=O) groups excluding carboxylic acids is 3. The Morgan fingerprint density at radius 1 is 1.09 bits per heavy atom. The second-order valence-corrected chi connectivity index (χ2v) is 7.59. The van der Waals surface area contributed by atoms with E-state index in [4.69, 9.17) is 22.3 Å². The van der Waals surface area contributed by atoms with Crippen molar-refractivity contribution in [3.63, 3.8) is 0 Å². The molecule has 0 saturated carbocycles. The summed E-state index contributed by atoms with van der Waals surface area (Å²) in [4.78, 5) is 59.2. The van der Waals surface area contributed by atoms with Crippen LogP contribution in [0.15, 0.2) is 17.5 Å². The molecule has 1 aromatic heterocycles. The number of hydrogen-bond acceptors (Lipinski definition) is 9. The monoisotopic (exact) mass is 501 g/mol. The summed E-state index contributed by atoms with van der Waals surface area (Å²) in [5.41, 5.74) is 16.9. The third-order valence-electron chi connectivity index (χ3n) is 4.53. The maximum absolute atomic E-state index is 12.9. The van der Waals surface area contributed by atoms with Crippen molar-refractivity contribution in [3.8, 4) is 0 Å². The summed E-state index contributed by atoms with van der Waals surface area (Å²) in [5.74, 6) is -3.98. The first-order chi connectivity index (χ1) is 16.1. The largest absolute Gasteiger partial charge is 0.480 e. The van der Waals surface area contributed by atoms with E-state index < -0.39 is 54.5 Å². The molecule has 15 nitrogen and oxygen atoms in total. The Morgan fingerprint density at radius 2 is 1.71 bits per heavy atom. The molecule has 4 unspecified atom stereocenters. The van der Waals surface area contributed by atoms with Gasteiger partial charge in [-0.3, -0.25) is 19.4 Å². The zero-order chi connectivity index (χ0) is 25.7. The Labute approximate surface area is 200 Å². The van der Waals surface area contributed by atoms with Gasteiger partial charge in [0.05, 0.1) is 19.0 Å². The number of aliphatic carboxylic acids is 1. The number of nitrogens with zero attached hydrogens (tertiary/aromatic N) is 2. The van der Waals surface area contributed by atoms with E-state index >= 15 is 0 Å². The van der Waals surface area contributed by atoms with Crippen LogP contribution in [0.5, 0.6) is 0 Å². The molecule has 0 spiro atoms. The van der Waals surface area contributed by atoms with Crippen LogP contribution in [0.25, 0.3) is 0 Å². The fourth-order valence-corrected chi connectivity index (χ4v) is 2.93. The molecule has 0 radical (unpaired) electrons. The van der Waals surface area contributed by atoms with Gasteiger partial charge in [0.1, 0.15) is 18.1 Å². The lowest BCUT2D eigenvalue weighted by molar-refractivity contribution is -0.142. The lowest BCUT2D eigenvalue weighted by atomic mass is 10.1. The summed E-state index contributed by atoms with van der Waals surface area (Å²) in [5, 5.41) is 25.6. The zero-order valence-corrected chi connectivity index (χ0v) is 19.2. The Balaban J connectivity index is 2.84. The fourth-order valence-electron chi connectivity index (χ4n) is 2.68. The minimum atomic E-state index is -1.47. The summed E-state index contributed by atoms with van der Waals surface area (Å²) < 4.78 is 0.